The molecule has 196 valence electrons. The molecule has 0 amide bonds. The van der Waals surface area contributed by atoms with Crippen molar-refractivity contribution in [2.75, 3.05) is 16.7 Å². The summed E-state index contributed by atoms with van der Waals surface area (Å²) in [6.07, 6.45) is 0.540. The van der Waals surface area contributed by atoms with E-state index in [0.717, 1.165) is 28.4 Å². The van der Waals surface area contributed by atoms with E-state index in [4.69, 9.17) is 0 Å². The highest BCUT2D eigenvalue weighted by Crippen LogP contribution is 2.33. The van der Waals surface area contributed by atoms with Crippen LogP contribution in [0.25, 0.3) is 28.2 Å². The summed E-state index contributed by atoms with van der Waals surface area (Å²) in [5.41, 5.74) is -1.25. The SMILES string of the molecule is CCc1cc(N(C)c2ccc(-c3ccccc3-c3nnn[nH]3)cc2)n2nc(NS(=O)(=O)C(F)(F)F)cc2n1. The summed E-state index contributed by atoms with van der Waals surface area (Å²) in [4.78, 5) is 6.15. The number of aryl methyl sites for hydroxylation is 1. The molecule has 0 spiro atoms. The Hall–Kier alpha value is -4.53. The molecule has 0 atom stereocenters. The maximum atomic E-state index is 12.9. The maximum Gasteiger partial charge on any atom is 0.516 e. The van der Waals surface area contributed by atoms with E-state index in [1.54, 1.807) is 18.0 Å². The highest BCUT2D eigenvalue weighted by atomic mass is 32.2. The van der Waals surface area contributed by atoms with Gasteiger partial charge in [-0.15, -0.1) is 10.2 Å². The molecule has 38 heavy (non-hydrogen) atoms. The zero-order chi connectivity index (χ0) is 27.1. The van der Waals surface area contributed by atoms with Crippen molar-refractivity contribution in [1.82, 2.24) is 35.2 Å². The van der Waals surface area contributed by atoms with Gasteiger partial charge in [0.05, 0.1) is 0 Å². The quantitative estimate of drug-likeness (QED) is 0.313. The number of hydrogen-bond acceptors (Lipinski definition) is 8. The number of hydrogen-bond donors (Lipinski definition) is 2. The number of halogens is 3. The number of rotatable bonds is 7. The number of fused-ring (bicyclic) bond motifs is 1. The fraction of sp³-hybridized carbons (Fsp3) is 0.174. The first-order chi connectivity index (χ1) is 18.1. The van der Waals surface area contributed by atoms with Crippen LogP contribution in [0.2, 0.25) is 0 Å². The van der Waals surface area contributed by atoms with Gasteiger partial charge >= 0.3 is 15.5 Å². The van der Waals surface area contributed by atoms with E-state index in [1.165, 1.54) is 9.24 Å². The highest BCUT2D eigenvalue weighted by Gasteiger charge is 2.46. The number of aromatic amines is 1. The van der Waals surface area contributed by atoms with Gasteiger partial charge in [0.2, 0.25) is 0 Å². The van der Waals surface area contributed by atoms with Gasteiger partial charge in [-0.3, -0.25) is 4.72 Å². The molecular formula is C23H20F3N9O2S. The van der Waals surface area contributed by atoms with Crippen LogP contribution < -0.4 is 9.62 Å². The Labute approximate surface area is 214 Å². The third-order valence-corrected chi connectivity index (χ3v) is 6.89. The number of sulfonamides is 1. The number of anilines is 3. The zero-order valence-corrected chi connectivity index (χ0v) is 20.8. The van der Waals surface area contributed by atoms with Gasteiger partial charge in [0.25, 0.3) is 0 Å². The van der Waals surface area contributed by atoms with E-state index >= 15 is 0 Å². The molecule has 0 aliphatic heterocycles. The van der Waals surface area contributed by atoms with Crippen molar-refractivity contribution in [2.45, 2.75) is 18.9 Å². The van der Waals surface area contributed by atoms with E-state index in [9.17, 15) is 21.6 Å². The molecule has 0 bridgehead atoms. The first kappa shape index (κ1) is 25.1. The highest BCUT2D eigenvalue weighted by molar-refractivity contribution is 7.93. The monoisotopic (exact) mass is 543 g/mol. The van der Waals surface area contributed by atoms with Crippen LogP contribution in [-0.4, -0.2) is 56.2 Å². The van der Waals surface area contributed by atoms with Crippen molar-refractivity contribution < 1.29 is 21.6 Å². The molecule has 0 aliphatic rings. The number of benzene rings is 2. The summed E-state index contributed by atoms with van der Waals surface area (Å²) in [6.45, 7) is 1.88. The Morgan fingerprint density at radius 1 is 1.05 bits per heavy atom. The summed E-state index contributed by atoms with van der Waals surface area (Å²) in [6, 6.07) is 18.1. The molecule has 0 saturated heterocycles. The Kier molecular flexibility index (Phi) is 6.22. The van der Waals surface area contributed by atoms with E-state index in [1.807, 2.05) is 55.5 Å². The third-order valence-electron chi connectivity index (χ3n) is 5.80. The largest absolute Gasteiger partial charge is 0.516 e. The van der Waals surface area contributed by atoms with Gasteiger partial charge in [-0.1, -0.05) is 43.3 Å². The first-order valence-electron chi connectivity index (χ1n) is 11.2. The average Bonchev–Trinajstić information content (AvgIpc) is 3.57. The molecule has 3 aromatic heterocycles. The second kappa shape index (κ2) is 9.41. The van der Waals surface area contributed by atoms with Crippen molar-refractivity contribution in [1.29, 1.82) is 0 Å². The number of aromatic nitrogens is 7. The number of H-pyrrole nitrogens is 1. The van der Waals surface area contributed by atoms with Gasteiger partial charge in [-0.05, 0) is 40.1 Å². The van der Waals surface area contributed by atoms with Gasteiger partial charge in [-0.25, -0.2) is 10.1 Å². The van der Waals surface area contributed by atoms with Crippen LogP contribution in [-0.2, 0) is 16.4 Å². The van der Waals surface area contributed by atoms with Gasteiger partial charge in [-0.2, -0.15) is 26.1 Å². The normalized spacial score (nSPS) is 12.1. The van der Waals surface area contributed by atoms with Gasteiger partial charge in [0, 0.05) is 36.1 Å². The van der Waals surface area contributed by atoms with Gasteiger partial charge in [0.15, 0.2) is 17.3 Å². The van der Waals surface area contributed by atoms with Crippen molar-refractivity contribution >= 4 is 33.0 Å². The van der Waals surface area contributed by atoms with Crippen LogP contribution >= 0.6 is 0 Å². The Balaban J connectivity index is 1.51. The van der Waals surface area contributed by atoms with Gasteiger partial charge in [0.1, 0.15) is 5.82 Å². The molecule has 11 nitrogen and oxygen atoms in total. The molecule has 2 N–H and O–H groups in total. The smallest absolute Gasteiger partial charge is 0.329 e. The Bertz CT molecular complexity index is 1700. The lowest BCUT2D eigenvalue weighted by Gasteiger charge is -2.21. The van der Waals surface area contributed by atoms with Crippen LogP contribution in [0.3, 0.4) is 0 Å². The van der Waals surface area contributed by atoms with E-state index in [2.05, 4.69) is 30.7 Å². The average molecular weight is 544 g/mol. The molecule has 0 radical (unpaired) electrons. The summed E-state index contributed by atoms with van der Waals surface area (Å²) < 4.78 is 64.5. The topological polar surface area (TPSA) is 134 Å². The minimum Gasteiger partial charge on any atom is -0.329 e. The lowest BCUT2D eigenvalue weighted by atomic mass is 9.99. The van der Waals surface area contributed by atoms with Crippen molar-refractivity contribution in [3.63, 3.8) is 0 Å². The van der Waals surface area contributed by atoms with Crippen LogP contribution in [0.1, 0.15) is 12.6 Å². The molecular weight excluding hydrogens is 523 g/mol. The Morgan fingerprint density at radius 3 is 2.39 bits per heavy atom. The van der Waals surface area contributed by atoms with Gasteiger partial charge < -0.3 is 4.90 Å². The molecule has 0 saturated carbocycles. The van der Waals surface area contributed by atoms with Crippen molar-refractivity contribution in [3.05, 3.63) is 66.4 Å². The standard InChI is InChI=1S/C23H20F3N9O2S/c1-3-15-12-21(35-20(27-15)13-19(30-35)31-38(36,37)23(24,25)26)34(2)16-10-8-14(9-11-16)17-6-4-5-7-18(17)22-28-32-33-29-22/h4-13H,3H2,1-2H3,(H,30,31)(H,28,29,32,33). The molecule has 2 aromatic carbocycles. The third kappa shape index (κ3) is 4.63. The molecule has 5 rings (SSSR count). The fourth-order valence-corrected chi connectivity index (χ4v) is 4.38. The first-order valence-corrected chi connectivity index (χ1v) is 12.7. The number of tetrazole rings is 1. The summed E-state index contributed by atoms with van der Waals surface area (Å²) in [5.74, 6) is 0.514. The number of nitrogens with zero attached hydrogens (tertiary/aromatic N) is 7. The summed E-state index contributed by atoms with van der Waals surface area (Å²) >= 11 is 0. The van der Waals surface area contributed by atoms with Crippen molar-refractivity contribution in [3.8, 4) is 22.5 Å². The maximum absolute atomic E-state index is 12.9. The van der Waals surface area contributed by atoms with Crippen LogP contribution in [0.4, 0.5) is 30.5 Å². The minimum absolute atomic E-state index is 0.192. The van der Waals surface area contributed by atoms with Crippen LogP contribution in [0.5, 0.6) is 0 Å². The van der Waals surface area contributed by atoms with Crippen molar-refractivity contribution in [2.24, 2.45) is 0 Å². The fourth-order valence-electron chi connectivity index (χ4n) is 3.89. The number of alkyl halides is 3. The summed E-state index contributed by atoms with van der Waals surface area (Å²) in [5, 5.41) is 18.1. The van der Waals surface area contributed by atoms with E-state index in [0.29, 0.717) is 23.8 Å². The molecule has 0 fully saturated rings. The summed E-state index contributed by atoms with van der Waals surface area (Å²) in [7, 11) is -3.87. The lowest BCUT2D eigenvalue weighted by molar-refractivity contribution is -0.0429. The van der Waals surface area contributed by atoms with E-state index in [-0.39, 0.29) is 5.65 Å². The lowest BCUT2D eigenvalue weighted by Crippen LogP contribution is -2.30. The van der Waals surface area contributed by atoms with E-state index < -0.39 is 21.3 Å². The molecule has 0 unspecified atom stereocenters. The van der Waals surface area contributed by atoms with Crippen LogP contribution in [0, 0.1) is 0 Å². The molecule has 5 aromatic rings. The minimum atomic E-state index is -5.63. The number of nitrogens with one attached hydrogen (secondary N) is 2. The molecule has 3 heterocycles. The molecule has 0 aliphatic carbocycles. The second-order valence-electron chi connectivity index (χ2n) is 8.21. The predicted octanol–water partition coefficient (Wildman–Crippen LogP) is 4.17. The predicted molar refractivity (Wildman–Crippen MR) is 134 cm³/mol. The zero-order valence-electron chi connectivity index (χ0n) is 20.0. The molecule has 15 heteroatoms. The second-order valence-corrected chi connectivity index (χ2v) is 9.89. The Morgan fingerprint density at radius 2 is 1.76 bits per heavy atom. The van der Waals surface area contributed by atoms with Crippen LogP contribution in [0.15, 0.2) is 60.7 Å².